The molecule has 2 nitrogen and oxygen atoms in total. The van der Waals surface area contributed by atoms with Crippen molar-refractivity contribution in [2.45, 2.75) is 19.3 Å². The number of halogens is 2. The lowest BCUT2D eigenvalue weighted by molar-refractivity contribution is -0.0124. The summed E-state index contributed by atoms with van der Waals surface area (Å²) in [7, 11) is 3.19. The average molecular weight is 229 g/mol. The summed E-state index contributed by atoms with van der Waals surface area (Å²) in [5, 5.41) is 2.73. The highest BCUT2D eigenvalue weighted by atomic mass is 19.3. The molecule has 0 atom stereocenters. The molecule has 1 aromatic rings. The van der Waals surface area contributed by atoms with Crippen molar-refractivity contribution in [1.29, 1.82) is 0 Å². The molecular formula is C12H17F2NO. The Bertz CT molecular complexity index is 353. The van der Waals surface area contributed by atoms with E-state index in [1.165, 1.54) is 19.2 Å². The first kappa shape index (κ1) is 12.9. The lowest BCUT2D eigenvalue weighted by Crippen LogP contribution is -2.21. The molecule has 0 unspecified atom stereocenters. The van der Waals surface area contributed by atoms with Crippen molar-refractivity contribution in [2.75, 3.05) is 20.7 Å². The molecule has 0 saturated carbocycles. The highest BCUT2D eigenvalue weighted by Gasteiger charge is 2.30. The summed E-state index contributed by atoms with van der Waals surface area (Å²) in [6.07, 6.45) is -0.199. The number of methoxy groups -OCH3 is 1. The molecule has 0 heterocycles. The van der Waals surface area contributed by atoms with E-state index < -0.39 is 5.92 Å². The topological polar surface area (TPSA) is 21.3 Å². The van der Waals surface area contributed by atoms with Gasteiger partial charge in [0, 0.05) is 18.5 Å². The Morgan fingerprint density at radius 2 is 2.06 bits per heavy atom. The molecule has 0 bridgehead atoms. The van der Waals surface area contributed by atoms with Crippen LogP contribution in [0.4, 0.5) is 8.78 Å². The van der Waals surface area contributed by atoms with Gasteiger partial charge in [-0.2, -0.15) is 0 Å². The fraction of sp³-hybridized carbons (Fsp3) is 0.500. The largest absolute Gasteiger partial charge is 0.496 e. The molecule has 0 saturated heterocycles. The molecule has 1 rings (SSSR count). The number of benzene rings is 1. The van der Waals surface area contributed by atoms with E-state index in [0.29, 0.717) is 5.75 Å². The molecule has 90 valence electrons. The molecule has 0 aliphatic heterocycles. The zero-order valence-corrected chi connectivity index (χ0v) is 9.81. The lowest BCUT2D eigenvalue weighted by atomic mass is 10.0. The van der Waals surface area contributed by atoms with E-state index in [4.69, 9.17) is 4.74 Å². The summed E-state index contributed by atoms with van der Waals surface area (Å²) in [5.74, 6) is -2.16. The molecule has 1 aromatic carbocycles. The third-order valence-corrected chi connectivity index (χ3v) is 2.51. The van der Waals surface area contributed by atoms with Crippen molar-refractivity contribution < 1.29 is 13.5 Å². The highest BCUT2D eigenvalue weighted by molar-refractivity contribution is 5.37. The Labute approximate surface area is 94.6 Å². The van der Waals surface area contributed by atoms with Gasteiger partial charge in [0.25, 0.3) is 5.92 Å². The Morgan fingerprint density at radius 1 is 1.38 bits per heavy atom. The van der Waals surface area contributed by atoms with Crippen LogP contribution in [0.2, 0.25) is 0 Å². The van der Waals surface area contributed by atoms with Gasteiger partial charge >= 0.3 is 0 Å². The van der Waals surface area contributed by atoms with E-state index >= 15 is 0 Å². The maximum atomic E-state index is 13.7. The molecule has 0 radical (unpaired) electrons. The van der Waals surface area contributed by atoms with Crippen LogP contribution in [-0.4, -0.2) is 20.7 Å². The van der Waals surface area contributed by atoms with E-state index in [1.54, 1.807) is 20.0 Å². The third-order valence-electron chi connectivity index (χ3n) is 2.51. The minimum absolute atomic E-state index is 0.0426. The molecule has 0 spiro atoms. The van der Waals surface area contributed by atoms with Crippen molar-refractivity contribution >= 4 is 0 Å². The number of rotatable bonds is 5. The van der Waals surface area contributed by atoms with Gasteiger partial charge in [-0.3, -0.25) is 0 Å². The number of hydrogen-bond acceptors (Lipinski definition) is 2. The van der Waals surface area contributed by atoms with Gasteiger partial charge in [0.1, 0.15) is 5.75 Å². The smallest absolute Gasteiger partial charge is 0.274 e. The second-order valence-corrected chi connectivity index (χ2v) is 3.74. The molecule has 4 heteroatoms. The monoisotopic (exact) mass is 229 g/mol. The van der Waals surface area contributed by atoms with Crippen LogP contribution in [0, 0.1) is 6.92 Å². The zero-order chi connectivity index (χ0) is 12.2. The van der Waals surface area contributed by atoms with Crippen LogP contribution in [-0.2, 0) is 5.92 Å². The van der Waals surface area contributed by atoms with Crippen molar-refractivity contribution in [3.63, 3.8) is 0 Å². The summed E-state index contributed by atoms with van der Waals surface area (Å²) in [6.45, 7) is 2.05. The van der Waals surface area contributed by atoms with E-state index in [1.807, 2.05) is 0 Å². The summed E-state index contributed by atoms with van der Waals surface area (Å²) in [5.41, 5.74) is 0.769. The Kier molecular flexibility index (Phi) is 4.24. The number of alkyl halides is 2. The summed E-state index contributed by atoms with van der Waals surface area (Å²) in [6, 6.07) is 4.48. The van der Waals surface area contributed by atoms with Crippen LogP contribution in [0.15, 0.2) is 18.2 Å². The zero-order valence-electron chi connectivity index (χ0n) is 9.81. The van der Waals surface area contributed by atoms with Crippen molar-refractivity contribution in [1.82, 2.24) is 5.32 Å². The number of hydrogen-bond donors (Lipinski definition) is 1. The van der Waals surface area contributed by atoms with Crippen LogP contribution in [0.5, 0.6) is 5.75 Å². The Hall–Kier alpha value is -1.16. The molecule has 0 aliphatic rings. The predicted molar refractivity (Wildman–Crippen MR) is 60.2 cm³/mol. The van der Waals surface area contributed by atoms with E-state index in [-0.39, 0.29) is 18.5 Å². The van der Waals surface area contributed by atoms with Gasteiger partial charge in [0.05, 0.1) is 7.11 Å². The number of aryl methyl sites for hydroxylation is 1. The quantitative estimate of drug-likeness (QED) is 0.838. The maximum absolute atomic E-state index is 13.7. The highest BCUT2D eigenvalue weighted by Crippen LogP contribution is 2.33. The minimum Gasteiger partial charge on any atom is -0.496 e. The van der Waals surface area contributed by atoms with Crippen molar-refractivity contribution in [2.24, 2.45) is 0 Å². The lowest BCUT2D eigenvalue weighted by Gasteiger charge is -2.17. The minimum atomic E-state index is -2.79. The van der Waals surface area contributed by atoms with Crippen LogP contribution in [0.25, 0.3) is 0 Å². The van der Waals surface area contributed by atoms with Crippen LogP contribution in [0.3, 0.4) is 0 Å². The van der Waals surface area contributed by atoms with Crippen LogP contribution in [0.1, 0.15) is 17.5 Å². The van der Waals surface area contributed by atoms with Gasteiger partial charge in [0.2, 0.25) is 0 Å². The Morgan fingerprint density at radius 3 is 2.56 bits per heavy atom. The van der Waals surface area contributed by atoms with Gasteiger partial charge in [-0.15, -0.1) is 0 Å². The van der Waals surface area contributed by atoms with Gasteiger partial charge in [-0.25, -0.2) is 8.78 Å². The van der Waals surface area contributed by atoms with Gasteiger partial charge < -0.3 is 10.1 Å². The van der Waals surface area contributed by atoms with Crippen LogP contribution < -0.4 is 10.1 Å². The van der Waals surface area contributed by atoms with Gasteiger partial charge in [-0.05, 0) is 37.7 Å². The van der Waals surface area contributed by atoms with E-state index in [9.17, 15) is 8.78 Å². The molecule has 16 heavy (non-hydrogen) atoms. The predicted octanol–water partition coefficient (Wildman–Crippen LogP) is 2.70. The van der Waals surface area contributed by atoms with Crippen LogP contribution >= 0.6 is 0 Å². The second-order valence-electron chi connectivity index (χ2n) is 3.74. The summed E-state index contributed by atoms with van der Waals surface area (Å²) in [4.78, 5) is 0. The van der Waals surface area contributed by atoms with Crippen molar-refractivity contribution in [3.8, 4) is 5.75 Å². The number of nitrogens with one attached hydrogen (secondary N) is 1. The summed E-state index contributed by atoms with van der Waals surface area (Å²) >= 11 is 0. The molecule has 1 N–H and O–H groups in total. The first-order chi connectivity index (χ1) is 7.51. The van der Waals surface area contributed by atoms with Crippen molar-refractivity contribution in [3.05, 3.63) is 29.3 Å². The molecule has 0 amide bonds. The number of ether oxygens (including phenoxy) is 1. The van der Waals surface area contributed by atoms with E-state index in [2.05, 4.69) is 5.32 Å². The third kappa shape index (κ3) is 2.92. The normalized spacial score (nSPS) is 11.6. The maximum Gasteiger partial charge on any atom is 0.274 e. The average Bonchev–Trinajstić information content (AvgIpc) is 2.26. The van der Waals surface area contributed by atoms with Gasteiger partial charge in [-0.1, -0.05) is 0 Å². The first-order valence-corrected chi connectivity index (χ1v) is 5.19. The Balaban J connectivity index is 2.91. The van der Waals surface area contributed by atoms with E-state index in [0.717, 1.165) is 5.56 Å². The molecule has 0 aliphatic carbocycles. The molecule has 0 aromatic heterocycles. The fourth-order valence-corrected chi connectivity index (χ4v) is 1.53. The standard InChI is InChI=1S/C12H17F2NO/c1-9-8-10(4-5-11(9)16-3)12(13,14)6-7-15-2/h4-5,8,15H,6-7H2,1-3H3. The first-order valence-electron chi connectivity index (χ1n) is 5.19. The van der Waals surface area contributed by atoms with Gasteiger partial charge in [0.15, 0.2) is 0 Å². The second kappa shape index (κ2) is 5.25. The summed E-state index contributed by atoms with van der Waals surface area (Å²) < 4.78 is 32.4. The SMILES string of the molecule is CNCCC(F)(F)c1ccc(OC)c(C)c1. The molecular weight excluding hydrogens is 212 g/mol. The fourth-order valence-electron chi connectivity index (χ4n) is 1.53. The molecule has 0 fully saturated rings.